The van der Waals surface area contributed by atoms with Crippen LogP contribution < -0.4 is 0 Å². The van der Waals surface area contributed by atoms with E-state index in [0.29, 0.717) is 0 Å². The van der Waals surface area contributed by atoms with Crippen LogP contribution >= 0.6 is 0 Å². The van der Waals surface area contributed by atoms with Crippen LogP contribution in [0, 0.1) is 5.82 Å². The fourth-order valence-electron chi connectivity index (χ4n) is 7.04. The topological polar surface area (TPSA) is 12.9 Å². The van der Waals surface area contributed by atoms with Gasteiger partial charge in [0, 0.05) is 17.3 Å². The van der Waals surface area contributed by atoms with Crippen LogP contribution in [0.25, 0.3) is 87.7 Å². The molecule has 0 fully saturated rings. The summed E-state index contributed by atoms with van der Waals surface area (Å²) in [6, 6.07) is 56.4. The molecule has 47 heavy (non-hydrogen) atoms. The molecule has 1 aromatic heterocycles. The zero-order chi connectivity index (χ0) is 31.3. The van der Waals surface area contributed by atoms with E-state index >= 15 is 4.39 Å². The monoisotopic (exact) mass is 601 g/mol. The van der Waals surface area contributed by atoms with Gasteiger partial charge in [0.25, 0.3) is 0 Å². The van der Waals surface area contributed by atoms with Gasteiger partial charge in [0.05, 0.1) is 5.69 Å². The molecule has 1 nitrogen and oxygen atoms in total. The highest BCUT2D eigenvalue weighted by Gasteiger charge is 2.19. The molecule has 220 valence electrons. The predicted molar refractivity (Wildman–Crippen MR) is 196 cm³/mol. The van der Waals surface area contributed by atoms with Gasteiger partial charge in [0.1, 0.15) is 5.82 Å². The summed E-state index contributed by atoms with van der Waals surface area (Å²) in [5, 5.41) is 8.81. The van der Waals surface area contributed by atoms with E-state index in [9.17, 15) is 0 Å². The first-order valence-electron chi connectivity index (χ1n) is 15.9. The molecule has 0 radical (unpaired) electrons. The maximum Gasteiger partial charge on any atom is 0.123 e. The summed E-state index contributed by atoms with van der Waals surface area (Å²) in [4.78, 5) is 4.83. The SMILES string of the molecule is Fc1ccc2c(-c3ccc4ccccc4c3)c3cc(-c4ccc(-c5ccccc5)nc4)ccc3c(-c3ccc4ccccc4c3)c2c1. The molecule has 0 spiro atoms. The molecule has 0 aliphatic heterocycles. The maximum absolute atomic E-state index is 15.2. The first-order valence-corrected chi connectivity index (χ1v) is 15.9. The Bertz CT molecular complexity index is 2620. The second-order valence-electron chi connectivity index (χ2n) is 12.1. The molecule has 0 amide bonds. The van der Waals surface area contributed by atoms with Crippen molar-refractivity contribution in [1.82, 2.24) is 4.98 Å². The van der Waals surface area contributed by atoms with Gasteiger partial charge in [-0.2, -0.15) is 0 Å². The lowest BCUT2D eigenvalue weighted by Gasteiger charge is -2.19. The third-order valence-corrected chi connectivity index (χ3v) is 9.32. The van der Waals surface area contributed by atoms with Crippen molar-refractivity contribution in [2.45, 2.75) is 0 Å². The Morgan fingerprint density at radius 1 is 0.340 bits per heavy atom. The van der Waals surface area contributed by atoms with Gasteiger partial charge in [-0.25, -0.2) is 4.39 Å². The first-order chi connectivity index (χ1) is 23.2. The summed E-state index contributed by atoms with van der Waals surface area (Å²) in [7, 11) is 0. The number of pyridine rings is 1. The molecule has 0 bridgehead atoms. The summed E-state index contributed by atoms with van der Waals surface area (Å²) in [5.41, 5.74) is 8.46. The molecule has 9 rings (SSSR count). The van der Waals surface area contributed by atoms with Gasteiger partial charge in [-0.15, -0.1) is 0 Å². The van der Waals surface area contributed by atoms with Crippen LogP contribution in [0.2, 0.25) is 0 Å². The average Bonchev–Trinajstić information content (AvgIpc) is 3.13. The minimum Gasteiger partial charge on any atom is -0.256 e. The lowest BCUT2D eigenvalue weighted by atomic mass is 9.84. The number of nitrogens with zero attached hydrogens (tertiary/aromatic N) is 1. The number of fused-ring (bicyclic) bond motifs is 4. The average molecular weight is 602 g/mol. The smallest absolute Gasteiger partial charge is 0.123 e. The van der Waals surface area contributed by atoms with Crippen molar-refractivity contribution in [3.8, 4) is 44.6 Å². The molecule has 9 aromatic rings. The summed E-state index contributed by atoms with van der Waals surface area (Å²) >= 11 is 0. The number of aromatic nitrogens is 1. The van der Waals surface area contributed by atoms with Gasteiger partial charge >= 0.3 is 0 Å². The van der Waals surface area contributed by atoms with E-state index < -0.39 is 0 Å². The molecule has 0 saturated heterocycles. The van der Waals surface area contributed by atoms with Crippen LogP contribution in [-0.4, -0.2) is 4.98 Å². The molecule has 0 aliphatic carbocycles. The molecule has 0 unspecified atom stereocenters. The molecular weight excluding hydrogens is 574 g/mol. The van der Waals surface area contributed by atoms with Crippen molar-refractivity contribution in [3.63, 3.8) is 0 Å². The van der Waals surface area contributed by atoms with Crippen molar-refractivity contribution >= 4 is 43.1 Å². The van der Waals surface area contributed by atoms with Crippen molar-refractivity contribution in [3.05, 3.63) is 176 Å². The van der Waals surface area contributed by atoms with Crippen LogP contribution in [0.5, 0.6) is 0 Å². The van der Waals surface area contributed by atoms with E-state index in [4.69, 9.17) is 4.98 Å². The molecular formula is C45H28FN. The zero-order valence-electron chi connectivity index (χ0n) is 25.5. The largest absolute Gasteiger partial charge is 0.256 e. The van der Waals surface area contributed by atoms with Gasteiger partial charge < -0.3 is 0 Å². The minimum atomic E-state index is -0.246. The van der Waals surface area contributed by atoms with Crippen molar-refractivity contribution in [1.29, 1.82) is 0 Å². The Morgan fingerprint density at radius 2 is 0.872 bits per heavy atom. The maximum atomic E-state index is 15.2. The van der Waals surface area contributed by atoms with Gasteiger partial charge in [-0.1, -0.05) is 127 Å². The highest BCUT2D eigenvalue weighted by molar-refractivity contribution is 6.22. The molecule has 0 saturated carbocycles. The first kappa shape index (κ1) is 27.2. The minimum absolute atomic E-state index is 0.246. The molecule has 2 heteroatoms. The van der Waals surface area contributed by atoms with E-state index in [1.54, 1.807) is 12.1 Å². The van der Waals surface area contributed by atoms with Gasteiger partial charge in [-0.3, -0.25) is 4.98 Å². The highest BCUT2D eigenvalue weighted by Crippen LogP contribution is 2.46. The molecule has 0 atom stereocenters. The number of hydrogen-bond donors (Lipinski definition) is 0. The number of halogens is 1. The van der Waals surface area contributed by atoms with E-state index in [0.717, 1.165) is 71.6 Å². The van der Waals surface area contributed by atoms with Crippen LogP contribution in [0.1, 0.15) is 0 Å². The Hall–Kier alpha value is -6.12. The number of hydrogen-bond acceptors (Lipinski definition) is 1. The third kappa shape index (κ3) is 4.74. The molecule has 0 N–H and O–H groups in total. The molecule has 0 aliphatic rings. The van der Waals surface area contributed by atoms with Gasteiger partial charge in [-0.05, 0) is 107 Å². The summed E-state index contributed by atoms with van der Waals surface area (Å²) in [5.74, 6) is -0.246. The van der Waals surface area contributed by atoms with E-state index in [1.807, 2.05) is 30.5 Å². The van der Waals surface area contributed by atoms with Crippen LogP contribution in [0.3, 0.4) is 0 Å². The fourth-order valence-corrected chi connectivity index (χ4v) is 7.04. The lowest BCUT2D eigenvalue weighted by molar-refractivity contribution is 0.630. The van der Waals surface area contributed by atoms with E-state index in [1.165, 1.54) is 16.2 Å². The second-order valence-corrected chi connectivity index (χ2v) is 12.1. The van der Waals surface area contributed by atoms with Gasteiger partial charge in [0.2, 0.25) is 0 Å². The molecule has 1 heterocycles. The predicted octanol–water partition coefficient (Wildman–Crippen LogP) is 12.5. The summed E-state index contributed by atoms with van der Waals surface area (Å²) < 4.78 is 15.2. The normalized spacial score (nSPS) is 11.5. The third-order valence-electron chi connectivity index (χ3n) is 9.32. The van der Waals surface area contributed by atoms with Crippen molar-refractivity contribution < 1.29 is 4.39 Å². The second kappa shape index (κ2) is 11.0. The summed E-state index contributed by atoms with van der Waals surface area (Å²) in [6.45, 7) is 0. The summed E-state index contributed by atoms with van der Waals surface area (Å²) in [6.07, 6.45) is 1.96. The Kier molecular flexibility index (Phi) is 6.39. The van der Waals surface area contributed by atoms with Crippen LogP contribution in [0.4, 0.5) is 4.39 Å². The Labute approximate surface area is 272 Å². The van der Waals surface area contributed by atoms with E-state index in [2.05, 4.69) is 127 Å². The van der Waals surface area contributed by atoms with Crippen molar-refractivity contribution in [2.24, 2.45) is 0 Å². The molecule has 8 aromatic carbocycles. The van der Waals surface area contributed by atoms with Crippen LogP contribution in [0.15, 0.2) is 170 Å². The lowest BCUT2D eigenvalue weighted by Crippen LogP contribution is -1.93. The fraction of sp³-hybridized carbons (Fsp3) is 0. The Morgan fingerprint density at radius 3 is 1.49 bits per heavy atom. The van der Waals surface area contributed by atoms with Crippen molar-refractivity contribution in [2.75, 3.05) is 0 Å². The Balaban J connectivity index is 1.34. The highest BCUT2D eigenvalue weighted by atomic mass is 19.1. The standard InChI is InChI=1S/C45H28FN/c46-38-20-22-40-42(27-38)45(36-17-15-30-9-5-7-13-33(30)25-36)39-21-18-34(37-19-23-43(47-28-37)31-10-2-1-3-11-31)26-41(39)44(40)35-16-14-29-8-4-6-12-32(29)24-35/h1-28H. The quantitative estimate of drug-likeness (QED) is 0.183. The van der Waals surface area contributed by atoms with Crippen LogP contribution in [-0.2, 0) is 0 Å². The number of rotatable bonds is 4. The number of benzene rings is 8. The van der Waals surface area contributed by atoms with E-state index in [-0.39, 0.29) is 5.82 Å². The van der Waals surface area contributed by atoms with Gasteiger partial charge in [0.15, 0.2) is 0 Å². The zero-order valence-corrected chi connectivity index (χ0v) is 25.5.